The molecular formula is C21H25N3O6S. The fourth-order valence-corrected chi connectivity index (χ4v) is 3.78. The number of hydrogen-bond acceptors (Lipinski definition) is 6. The Bertz CT molecular complexity index is 1070. The van der Waals surface area contributed by atoms with Gasteiger partial charge in [0.1, 0.15) is 0 Å². The first-order valence-corrected chi connectivity index (χ1v) is 11.0. The molecule has 0 saturated carbocycles. The van der Waals surface area contributed by atoms with Crippen LogP contribution in [0, 0.1) is 6.92 Å². The van der Waals surface area contributed by atoms with Crippen LogP contribution >= 0.6 is 0 Å². The summed E-state index contributed by atoms with van der Waals surface area (Å²) in [5.74, 6) is -1.70. The van der Waals surface area contributed by atoms with Crippen molar-refractivity contribution in [1.29, 1.82) is 0 Å². The number of nitrogens with zero attached hydrogens (tertiary/aromatic N) is 1. The van der Waals surface area contributed by atoms with E-state index < -0.39 is 34.0 Å². The molecule has 2 N–H and O–H groups in total. The molecule has 1 unspecified atom stereocenters. The molecule has 0 heterocycles. The molecule has 2 aromatic carbocycles. The van der Waals surface area contributed by atoms with Crippen molar-refractivity contribution in [2.45, 2.75) is 31.8 Å². The van der Waals surface area contributed by atoms with Crippen LogP contribution in [0.3, 0.4) is 0 Å². The summed E-state index contributed by atoms with van der Waals surface area (Å²) in [5.41, 5.74) is 1.41. The van der Waals surface area contributed by atoms with Crippen molar-refractivity contribution in [1.82, 2.24) is 10.6 Å². The number of sulfonamides is 1. The molecule has 1 atom stereocenters. The molecule has 0 aliphatic carbocycles. The number of ether oxygens (including phenoxy) is 1. The molecule has 3 amide bonds. The summed E-state index contributed by atoms with van der Waals surface area (Å²) in [7, 11) is -2.52. The summed E-state index contributed by atoms with van der Waals surface area (Å²) in [4.78, 5) is 35.7. The lowest BCUT2D eigenvalue weighted by molar-refractivity contribution is -0.127. The Morgan fingerprint density at radius 2 is 1.74 bits per heavy atom. The van der Waals surface area contributed by atoms with Gasteiger partial charge >= 0.3 is 12.0 Å². The van der Waals surface area contributed by atoms with Crippen LogP contribution in [0.1, 0.15) is 29.8 Å². The maximum Gasteiger partial charge on any atom is 0.338 e. The van der Waals surface area contributed by atoms with E-state index in [0.29, 0.717) is 12.2 Å². The maximum absolute atomic E-state index is 13.0. The zero-order valence-electron chi connectivity index (χ0n) is 17.7. The summed E-state index contributed by atoms with van der Waals surface area (Å²) in [6.45, 7) is 5.21. The van der Waals surface area contributed by atoms with Crippen LogP contribution < -0.4 is 14.9 Å². The number of benzene rings is 2. The monoisotopic (exact) mass is 447 g/mol. The molecule has 0 saturated heterocycles. The number of rotatable bonds is 7. The van der Waals surface area contributed by atoms with Gasteiger partial charge < -0.3 is 10.1 Å². The predicted molar refractivity (Wildman–Crippen MR) is 115 cm³/mol. The zero-order valence-corrected chi connectivity index (χ0v) is 18.5. The van der Waals surface area contributed by atoms with E-state index in [1.54, 1.807) is 31.2 Å². The number of urea groups is 1. The van der Waals surface area contributed by atoms with Gasteiger partial charge in [-0.1, -0.05) is 23.8 Å². The highest BCUT2D eigenvalue weighted by atomic mass is 32.2. The third-order valence-corrected chi connectivity index (χ3v) is 6.13. The van der Waals surface area contributed by atoms with E-state index in [-0.39, 0.29) is 10.5 Å². The normalized spacial score (nSPS) is 11.9. The van der Waals surface area contributed by atoms with E-state index in [0.717, 1.165) is 9.87 Å². The van der Waals surface area contributed by atoms with Crippen molar-refractivity contribution >= 4 is 33.6 Å². The van der Waals surface area contributed by atoms with Gasteiger partial charge in [-0.2, -0.15) is 0 Å². The van der Waals surface area contributed by atoms with E-state index >= 15 is 0 Å². The van der Waals surface area contributed by atoms with E-state index in [9.17, 15) is 22.8 Å². The highest BCUT2D eigenvalue weighted by molar-refractivity contribution is 7.92. The molecule has 2 aromatic rings. The summed E-state index contributed by atoms with van der Waals surface area (Å²) < 4.78 is 32.1. The second-order valence-corrected chi connectivity index (χ2v) is 8.70. The minimum atomic E-state index is -3.93. The first-order valence-electron chi connectivity index (χ1n) is 9.51. The van der Waals surface area contributed by atoms with Crippen molar-refractivity contribution in [2.75, 3.05) is 17.9 Å². The number of hydrogen-bond donors (Lipinski definition) is 2. The minimum absolute atomic E-state index is 0.0453. The number of imide groups is 1. The van der Waals surface area contributed by atoms with Crippen LogP contribution in [0.15, 0.2) is 53.4 Å². The Labute approximate surface area is 181 Å². The molecule has 0 radical (unpaired) electrons. The number of carbonyl (C=O) groups excluding carboxylic acids is 3. The van der Waals surface area contributed by atoms with Crippen LogP contribution in [0.4, 0.5) is 10.5 Å². The van der Waals surface area contributed by atoms with Crippen molar-refractivity contribution in [2.24, 2.45) is 0 Å². The van der Waals surface area contributed by atoms with Gasteiger partial charge in [0, 0.05) is 13.6 Å². The van der Waals surface area contributed by atoms with Gasteiger partial charge in [-0.3, -0.25) is 14.4 Å². The lowest BCUT2D eigenvalue weighted by Gasteiger charge is -2.20. The van der Waals surface area contributed by atoms with Crippen LogP contribution in [0.25, 0.3) is 0 Å². The Morgan fingerprint density at radius 1 is 1.10 bits per heavy atom. The van der Waals surface area contributed by atoms with Crippen molar-refractivity contribution in [3.05, 3.63) is 59.7 Å². The summed E-state index contributed by atoms with van der Waals surface area (Å²) in [5, 5.41) is 4.43. The number of amides is 3. The van der Waals surface area contributed by atoms with Gasteiger partial charge in [0.05, 0.1) is 16.1 Å². The van der Waals surface area contributed by atoms with Gasteiger partial charge in [0.2, 0.25) is 0 Å². The molecule has 0 fully saturated rings. The Kier molecular flexibility index (Phi) is 7.76. The van der Waals surface area contributed by atoms with E-state index in [2.05, 4.69) is 5.32 Å². The van der Waals surface area contributed by atoms with Crippen LogP contribution in [-0.4, -0.2) is 46.0 Å². The molecule has 2 rings (SSSR count). The Hall–Kier alpha value is -3.40. The number of nitrogens with one attached hydrogen (secondary N) is 2. The van der Waals surface area contributed by atoms with E-state index in [4.69, 9.17) is 4.74 Å². The smallest absolute Gasteiger partial charge is 0.338 e. The van der Waals surface area contributed by atoms with Crippen LogP contribution in [0.5, 0.6) is 0 Å². The maximum atomic E-state index is 13.0. The first-order chi connectivity index (χ1) is 14.6. The van der Waals surface area contributed by atoms with Gasteiger partial charge in [-0.15, -0.1) is 0 Å². The lowest BCUT2D eigenvalue weighted by Crippen LogP contribution is -2.44. The van der Waals surface area contributed by atoms with Crippen LogP contribution in [0.2, 0.25) is 0 Å². The Balaban J connectivity index is 2.16. The lowest BCUT2D eigenvalue weighted by atomic mass is 10.2. The molecule has 0 aliphatic rings. The highest BCUT2D eigenvalue weighted by Crippen LogP contribution is 2.23. The summed E-state index contributed by atoms with van der Waals surface area (Å²) in [6.07, 6.45) is -1.26. The third kappa shape index (κ3) is 6.05. The Morgan fingerprint density at radius 3 is 2.35 bits per heavy atom. The van der Waals surface area contributed by atoms with E-state index in [1.807, 2.05) is 12.2 Å². The molecule has 10 heteroatoms. The van der Waals surface area contributed by atoms with Gasteiger partial charge in [0.15, 0.2) is 6.10 Å². The number of aryl methyl sites for hydroxylation is 1. The van der Waals surface area contributed by atoms with Gasteiger partial charge in [-0.05, 0) is 51.1 Å². The van der Waals surface area contributed by atoms with E-state index in [1.165, 1.54) is 38.2 Å². The quantitative estimate of drug-likeness (QED) is 0.628. The molecule has 0 bridgehead atoms. The second-order valence-electron chi connectivity index (χ2n) is 6.73. The molecular weight excluding hydrogens is 422 g/mol. The predicted octanol–water partition coefficient (Wildman–Crippen LogP) is 2.21. The standard InChI is InChI=1S/C21H25N3O6S/c1-5-22-21(27)23-19(25)15(3)30-20(26)16-7-6-8-18(13-16)31(28,29)24(4)17-11-9-14(2)10-12-17/h6-13,15H,5H2,1-4H3,(H2,22,23,25,27). The minimum Gasteiger partial charge on any atom is -0.449 e. The molecule has 31 heavy (non-hydrogen) atoms. The van der Waals surface area contributed by atoms with Crippen molar-refractivity contribution in [3.8, 4) is 0 Å². The molecule has 0 aliphatic heterocycles. The number of esters is 1. The van der Waals surface area contributed by atoms with Crippen molar-refractivity contribution < 1.29 is 27.5 Å². The average Bonchev–Trinajstić information content (AvgIpc) is 2.73. The molecule has 9 nitrogen and oxygen atoms in total. The third-order valence-electron chi connectivity index (χ3n) is 4.35. The first kappa shape index (κ1) is 23.9. The fraction of sp³-hybridized carbons (Fsp3) is 0.286. The SMILES string of the molecule is CCNC(=O)NC(=O)C(C)OC(=O)c1cccc(S(=O)(=O)N(C)c2ccc(C)cc2)c1. The zero-order chi connectivity index (χ0) is 23.2. The van der Waals surface area contributed by atoms with Crippen LogP contribution in [-0.2, 0) is 19.6 Å². The summed E-state index contributed by atoms with van der Waals surface area (Å²) in [6, 6.07) is 11.6. The molecule has 0 spiro atoms. The van der Waals surface area contributed by atoms with Crippen molar-refractivity contribution in [3.63, 3.8) is 0 Å². The molecule has 166 valence electrons. The highest BCUT2D eigenvalue weighted by Gasteiger charge is 2.24. The van der Waals surface area contributed by atoms with Gasteiger partial charge in [0.25, 0.3) is 15.9 Å². The molecule has 0 aromatic heterocycles. The number of carbonyl (C=O) groups is 3. The largest absolute Gasteiger partial charge is 0.449 e. The average molecular weight is 448 g/mol. The van der Waals surface area contributed by atoms with Gasteiger partial charge in [-0.25, -0.2) is 18.0 Å². The number of anilines is 1. The topological polar surface area (TPSA) is 122 Å². The second kappa shape index (κ2) is 10.1. The fourth-order valence-electron chi connectivity index (χ4n) is 2.54. The summed E-state index contributed by atoms with van der Waals surface area (Å²) >= 11 is 0.